The second-order valence-corrected chi connectivity index (χ2v) is 5.76. The minimum atomic E-state index is -0.00916. The van der Waals surface area contributed by atoms with Crippen LogP contribution in [-0.4, -0.2) is 37.5 Å². The van der Waals surface area contributed by atoms with Gasteiger partial charge in [-0.15, -0.1) is 0 Å². The molecule has 0 spiro atoms. The second-order valence-electron chi connectivity index (χ2n) is 5.76. The zero-order valence-corrected chi connectivity index (χ0v) is 12.5. The van der Waals surface area contributed by atoms with Crippen LogP contribution in [0.2, 0.25) is 0 Å². The normalized spacial score (nSPS) is 19.8. The van der Waals surface area contributed by atoms with Crippen molar-refractivity contribution >= 4 is 11.6 Å². The molecule has 0 radical (unpaired) electrons. The summed E-state index contributed by atoms with van der Waals surface area (Å²) in [5.41, 5.74) is 2.17. The van der Waals surface area contributed by atoms with Crippen molar-refractivity contribution in [2.45, 2.75) is 26.3 Å². The van der Waals surface area contributed by atoms with Gasteiger partial charge in [0.05, 0.1) is 6.54 Å². The van der Waals surface area contributed by atoms with Crippen LogP contribution in [0.5, 0.6) is 0 Å². The monoisotopic (exact) mass is 275 g/mol. The van der Waals surface area contributed by atoms with Crippen LogP contribution in [0.1, 0.15) is 25.3 Å². The first kappa shape index (κ1) is 15.0. The molecule has 1 amide bonds. The highest BCUT2D eigenvalue weighted by molar-refractivity contribution is 5.92. The molecule has 4 heteroatoms. The van der Waals surface area contributed by atoms with Crippen molar-refractivity contribution in [3.05, 3.63) is 29.8 Å². The number of likely N-dealkylation sites (tertiary alicyclic amines) is 1. The van der Waals surface area contributed by atoms with Gasteiger partial charge < -0.3 is 10.6 Å². The van der Waals surface area contributed by atoms with E-state index in [0.29, 0.717) is 6.54 Å². The summed E-state index contributed by atoms with van der Waals surface area (Å²) in [5, 5.41) is 5.70. The van der Waals surface area contributed by atoms with Crippen molar-refractivity contribution in [1.82, 2.24) is 10.2 Å². The van der Waals surface area contributed by atoms with Crippen molar-refractivity contribution in [3.8, 4) is 0 Å². The highest BCUT2D eigenvalue weighted by Crippen LogP contribution is 2.18. The van der Waals surface area contributed by atoms with E-state index in [0.717, 1.165) is 18.2 Å². The maximum Gasteiger partial charge on any atom is 0.238 e. The minimum Gasteiger partial charge on any atom is -0.325 e. The number of nitrogens with one attached hydrogen (secondary N) is 2. The number of rotatable bonds is 5. The first-order valence-electron chi connectivity index (χ1n) is 7.43. The average molecular weight is 275 g/mol. The molecule has 0 bridgehead atoms. The fourth-order valence-corrected chi connectivity index (χ4v) is 2.75. The largest absolute Gasteiger partial charge is 0.325 e. The molecule has 1 aliphatic rings. The average Bonchev–Trinajstić information content (AvgIpc) is 2.41. The lowest BCUT2D eigenvalue weighted by Gasteiger charge is -2.30. The number of nitrogens with zero attached hydrogens (tertiary/aromatic N) is 1. The van der Waals surface area contributed by atoms with Gasteiger partial charge in [0.1, 0.15) is 0 Å². The van der Waals surface area contributed by atoms with Crippen molar-refractivity contribution in [2.24, 2.45) is 5.92 Å². The van der Waals surface area contributed by atoms with Gasteiger partial charge in [0.2, 0.25) is 5.91 Å². The summed E-state index contributed by atoms with van der Waals surface area (Å²) >= 11 is 0. The third-order valence-electron chi connectivity index (χ3n) is 3.72. The molecular formula is C16H25N3O. The predicted molar refractivity (Wildman–Crippen MR) is 82.7 cm³/mol. The Hall–Kier alpha value is -1.39. The van der Waals surface area contributed by atoms with E-state index in [1.807, 2.05) is 12.1 Å². The van der Waals surface area contributed by atoms with Gasteiger partial charge in [-0.2, -0.15) is 0 Å². The molecule has 0 aliphatic carbocycles. The summed E-state index contributed by atoms with van der Waals surface area (Å²) in [6, 6.07) is 8.18. The Morgan fingerprint density at radius 3 is 2.75 bits per heavy atom. The molecule has 0 aromatic heterocycles. The molecule has 110 valence electrons. The lowest BCUT2D eigenvalue weighted by Crippen LogP contribution is -2.33. The smallest absolute Gasteiger partial charge is 0.238 e. The summed E-state index contributed by atoms with van der Waals surface area (Å²) in [6.45, 7) is 6.07. The molecule has 1 aliphatic heterocycles. The zero-order chi connectivity index (χ0) is 14.4. The molecule has 1 unspecified atom stereocenters. The Morgan fingerprint density at radius 1 is 1.35 bits per heavy atom. The number of hydrogen-bond acceptors (Lipinski definition) is 3. The SMILES string of the molecule is CNCC(=O)Nc1ccc(CN2CCCC(C)C2)cc1. The Labute approximate surface area is 121 Å². The molecule has 1 saturated heterocycles. The van der Waals surface area contributed by atoms with Crippen LogP contribution in [0.15, 0.2) is 24.3 Å². The summed E-state index contributed by atoms with van der Waals surface area (Å²) in [5.74, 6) is 0.800. The first-order valence-corrected chi connectivity index (χ1v) is 7.43. The van der Waals surface area contributed by atoms with E-state index in [1.165, 1.54) is 31.5 Å². The molecule has 1 aromatic carbocycles. The molecule has 4 nitrogen and oxygen atoms in total. The van der Waals surface area contributed by atoms with Crippen LogP contribution >= 0.6 is 0 Å². The number of amides is 1. The van der Waals surface area contributed by atoms with Gasteiger partial charge in [-0.25, -0.2) is 0 Å². The number of anilines is 1. The summed E-state index contributed by atoms with van der Waals surface area (Å²) < 4.78 is 0. The van der Waals surface area contributed by atoms with E-state index in [2.05, 4.69) is 34.6 Å². The molecule has 1 atom stereocenters. The zero-order valence-electron chi connectivity index (χ0n) is 12.5. The first-order chi connectivity index (χ1) is 9.67. The van der Waals surface area contributed by atoms with Gasteiger partial charge in [-0.05, 0) is 50.0 Å². The lowest BCUT2D eigenvalue weighted by atomic mass is 10.00. The van der Waals surface area contributed by atoms with E-state index >= 15 is 0 Å². The fourth-order valence-electron chi connectivity index (χ4n) is 2.75. The number of benzene rings is 1. The van der Waals surface area contributed by atoms with E-state index in [1.54, 1.807) is 7.05 Å². The van der Waals surface area contributed by atoms with Gasteiger partial charge in [0.25, 0.3) is 0 Å². The van der Waals surface area contributed by atoms with Gasteiger partial charge >= 0.3 is 0 Å². The third-order valence-corrected chi connectivity index (χ3v) is 3.72. The van der Waals surface area contributed by atoms with Crippen molar-refractivity contribution < 1.29 is 4.79 Å². The minimum absolute atomic E-state index is 0.00916. The molecule has 0 saturated carbocycles. The van der Waals surface area contributed by atoms with Crippen LogP contribution in [0.4, 0.5) is 5.69 Å². The standard InChI is InChI=1S/C16H25N3O/c1-13-4-3-9-19(11-13)12-14-5-7-15(8-6-14)18-16(20)10-17-2/h5-8,13,17H,3-4,9-12H2,1-2H3,(H,18,20). The second kappa shape index (κ2) is 7.41. The van der Waals surface area contributed by atoms with E-state index < -0.39 is 0 Å². The Kier molecular flexibility index (Phi) is 5.56. The highest BCUT2D eigenvalue weighted by atomic mass is 16.1. The van der Waals surface area contributed by atoms with Gasteiger partial charge in [0, 0.05) is 18.8 Å². The van der Waals surface area contributed by atoms with Crippen LogP contribution < -0.4 is 10.6 Å². The van der Waals surface area contributed by atoms with Crippen molar-refractivity contribution in [1.29, 1.82) is 0 Å². The molecule has 1 fully saturated rings. The quantitative estimate of drug-likeness (QED) is 0.864. The topological polar surface area (TPSA) is 44.4 Å². The number of piperidine rings is 1. The van der Waals surface area contributed by atoms with Gasteiger partial charge in [-0.3, -0.25) is 9.69 Å². The number of hydrogen-bond donors (Lipinski definition) is 2. The van der Waals surface area contributed by atoms with E-state index in [9.17, 15) is 4.79 Å². The summed E-state index contributed by atoms with van der Waals surface area (Å²) in [7, 11) is 1.77. The van der Waals surface area contributed by atoms with Crippen LogP contribution in [0, 0.1) is 5.92 Å². The van der Waals surface area contributed by atoms with Crippen LogP contribution in [0.3, 0.4) is 0 Å². The maximum atomic E-state index is 11.5. The van der Waals surface area contributed by atoms with Crippen LogP contribution in [0.25, 0.3) is 0 Å². The Morgan fingerprint density at radius 2 is 2.10 bits per heavy atom. The van der Waals surface area contributed by atoms with Gasteiger partial charge in [-0.1, -0.05) is 19.1 Å². The number of carbonyl (C=O) groups excluding carboxylic acids is 1. The van der Waals surface area contributed by atoms with Gasteiger partial charge in [0.15, 0.2) is 0 Å². The maximum absolute atomic E-state index is 11.5. The lowest BCUT2D eigenvalue weighted by molar-refractivity contribution is -0.115. The van der Waals surface area contributed by atoms with E-state index in [4.69, 9.17) is 0 Å². The third kappa shape index (κ3) is 4.62. The van der Waals surface area contributed by atoms with E-state index in [-0.39, 0.29) is 5.91 Å². The summed E-state index contributed by atoms with van der Waals surface area (Å²) in [4.78, 5) is 14.0. The van der Waals surface area contributed by atoms with Crippen molar-refractivity contribution in [3.63, 3.8) is 0 Å². The Bertz CT molecular complexity index is 430. The predicted octanol–water partition coefficient (Wildman–Crippen LogP) is 2.08. The molecule has 1 aromatic rings. The molecule has 2 N–H and O–H groups in total. The molecule has 20 heavy (non-hydrogen) atoms. The number of likely N-dealkylation sites (N-methyl/N-ethyl adjacent to an activating group) is 1. The highest BCUT2D eigenvalue weighted by Gasteiger charge is 2.16. The Balaban J connectivity index is 1.86. The number of carbonyl (C=O) groups is 1. The molecule has 2 rings (SSSR count). The summed E-state index contributed by atoms with van der Waals surface area (Å²) in [6.07, 6.45) is 2.66. The van der Waals surface area contributed by atoms with Crippen molar-refractivity contribution in [2.75, 3.05) is 32.0 Å². The fraction of sp³-hybridized carbons (Fsp3) is 0.562. The molecular weight excluding hydrogens is 250 g/mol. The molecule has 1 heterocycles. The van der Waals surface area contributed by atoms with Crippen LogP contribution in [-0.2, 0) is 11.3 Å².